The van der Waals surface area contributed by atoms with Gasteiger partial charge in [0, 0.05) is 24.9 Å². The molecule has 0 aromatic carbocycles. The van der Waals surface area contributed by atoms with Gasteiger partial charge < -0.3 is 20.8 Å². The number of carbonyl (C=O) groups excluding carboxylic acids is 1. The van der Waals surface area contributed by atoms with Crippen LogP contribution in [0, 0.1) is 17.7 Å². The van der Waals surface area contributed by atoms with Gasteiger partial charge in [-0.05, 0) is 19.1 Å². The first-order valence-corrected chi connectivity index (χ1v) is 8.08. The van der Waals surface area contributed by atoms with Gasteiger partial charge in [-0.15, -0.1) is 0 Å². The minimum atomic E-state index is -0.663. The number of aromatic amines is 1. The van der Waals surface area contributed by atoms with E-state index < -0.39 is 5.82 Å². The predicted molar refractivity (Wildman–Crippen MR) is 97.5 cm³/mol. The fourth-order valence-electron chi connectivity index (χ4n) is 2.36. The van der Waals surface area contributed by atoms with Crippen molar-refractivity contribution in [3.63, 3.8) is 0 Å². The van der Waals surface area contributed by atoms with Crippen molar-refractivity contribution >= 4 is 22.9 Å². The van der Waals surface area contributed by atoms with Crippen LogP contribution in [-0.2, 0) is 0 Å². The fourth-order valence-corrected chi connectivity index (χ4v) is 2.36. The smallest absolute Gasteiger partial charge is 0.287 e. The molecule has 3 aromatic heterocycles. The Hall–Kier alpha value is -3.67. The summed E-state index contributed by atoms with van der Waals surface area (Å²) in [5.74, 6) is 4.44. The van der Waals surface area contributed by atoms with Gasteiger partial charge >= 0.3 is 0 Å². The number of halogens is 1. The Labute approximate surface area is 154 Å². The van der Waals surface area contributed by atoms with Crippen LogP contribution in [0.3, 0.4) is 0 Å². The summed E-state index contributed by atoms with van der Waals surface area (Å²) >= 11 is 0. The molecule has 0 bridgehead atoms. The Morgan fingerprint density at radius 3 is 3.04 bits per heavy atom. The molecule has 138 valence electrons. The molecule has 9 heteroatoms. The third-order valence-corrected chi connectivity index (χ3v) is 3.69. The highest BCUT2D eigenvalue weighted by Gasteiger charge is 2.14. The number of hydrogen-bond donors (Lipinski definition) is 3. The Morgan fingerprint density at radius 2 is 2.30 bits per heavy atom. The van der Waals surface area contributed by atoms with E-state index in [4.69, 9.17) is 10.5 Å². The van der Waals surface area contributed by atoms with E-state index in [-0.39, 0.29) is 34.9 Å². The number of nitrogens with two attached hydrogens (primary N) is 1. The molecule has 0 fully saturated rings. The Bertz CT molecular complexity index is 1020. The first kappa shape index (κ1) is 18.1. The lowest BCUT2D eigenvalue weighted by atomic mass is 10.2. The van der Waals surface area contributed by atoms with E-state index in [2.05, 4.69) is 37.1 Å². The maximum Gasteiger partial charge on any atom is 0.287 e. The minimum absolute atomic E-state index is 0.0403. The first-order chi connectivity index (χ1) is 13.0. The molecule has 27 heavy (non-hydrogen) atoms. The topological polar surface area (TPSA) is 119 Å². The number of nitrogens with zero attached hydrogens (tertiary/aromatic N) is 3. The van der Waals surface area contributed by atoms with Crippen molar-refractivity contribution in [1.29, 1.82) is 0 Å². The van der Waals surface area contributed by atoms with Gasteiger partial charge in [-0.1, -0.05) is 11.8 Å². The van der Waals surface area contributed by atoms with Crippen molar-refractivity contribution in [3.05, 3.63) is 41.7 Å². The number of fused-ring (bicyclic) bond motifs is 1. The average Bonchev–Trinajstić information content (AvgIpc) is 3.08. The summed E-state index contributed by atoms with van der Waals surface area (Å²) in [6.45, 7) is 1.78. The molecule has 1 amide bonds. The number of ether oxygens (including phenoxy) is 1. The van der Waals surface area contributed by atoms with Crippen LogP contribution in [0.1, 0.15) is 29.5 Å². The number of nitrogen functional groups attached to an aromatic ring is 1. The van der Waals surface area contributed by atoms with Gasteiger partial charge in [-0.3, -0.25) is 4.79 Å². The van der Waals surface area contributed by atoms with E-state index in [1.165, 1.54) is 13.3 Å². The van der Waals surface area contributed by atoms with Gasteiger partial charge in [-0.25, -0.2) is 19.3 Å². The molecule has 0 spiro atoms. The molecule has 3 rings (SSSR count). The molecule has 3 heterocycles. The van der Waals surface area contributed by atoms with E-state index in [0.717, 1.165) is 0 Å². The molecular formula is C18H17FN6O2. The van der Waals surface area contributed by atoms with Crippen LogP contribution in [0.25, 0.3) is 11.2 Å². The lowest BCUT2D eigenvalue weighted by molar-refractivity contribution is 0.0931. The number of rotatable bonds is 4. The summed E-state index contributed by atoms with van der Waals surface area (Å²) in [6.07, 6.45) is 3.14. The van der Waals surface area contributed by atoms with Crippen LogP contribution < -0.4 is 15.8 Å². The number of anilines is 1. The van der Waals surface area contributed by atoms with Crippen molar-refractivity contribution in [3.8, 4) is 17.6 Å². The van der Waals surface area contributed by atoms with Crippen molar-refractivity contribution < 1.29 is 13.9 Å². The van der Waals surface area contributed by atoms with E-state index in [1.54, 1.807) is 25.3 Å². The van der Waals surface area contributed by atoms with Crippen molar-refractivity contribution in [2.75, 3.05) is 12.8 Å². The molecule has 0 saturated carbocycles. The summed E-state index contributed by atoms with van der Waals surface area (Å²) in [5, 5.41) is 2.77. The number of carbonyl (C=O) groups is 1. The summed E-state index contributed by atoms with van der Waals surface area (Å²) in [4.78, 5) is 27.2. The minimum Gasteiger partial charge on any atom is -0.490 e. The normalized spacial score (nSPS) is 11.5. The highest BCUT2D eigenvalue weighted by Crippen LogP contribution is 2.24. The fraction of sp³-hybridized carbons (Fsp3) is 0.222. The molecule has 0 radical (unpaired) electrons. The number of H-pyrrole nitrogens is 1. The third-order valence-electron chi connectivity index (χ3n) is 3.69. The zero-order chi connectivity index (χ0) is 19.4. The maximum atomic E-state index is 14.2. The van der Waals surface area contributed by atoms with Crippen LogP contribution in [-0.4, -0.2) is 39.0 Å². The van der Waals surface area contributed by atoms with Crippen molar-refractivity contribution in [1.82, 2.24) is 25.3 Å². The summed E-state index contributed by atoms with van der Waals surface area (Å²) in [6, 6.07) is 3.25. The molecule has 0 aliphatic rings. The van der Waals surface area contributed by atoms with Gasteiger partial charge in [0.2, 0.25) is 0 Å². The van der Waals surface area contributed by atoms with Gasteiger partial charge in [0.05, 0.1) is 18.2 Å². The SMILES string of the molecule is COc1c(N)ncc(C#CC[C@H](C)NC(=O)c2nc3ncccc3[nH]2)c1F. The molecule has 4 N–H and O–H groups in total. The van der Waals surface area contributed by atoms with E-state index in [1.807, 2.05) is 0 Å². The van der Waals surface area contributed by atoms with Crippen LogP contribution in [0.4, 0.5) is 10.2 Å². The average molecular weight is 368 g/mol. The summed E-state index contributed by atoms with van der Waals surface area (Å²) in [7, 11) is 1.30. The number of aromatic nitrogens is 4. The van der Waals surface area contributed by atoms with Crippen molar-refractivity contribution in [2.45, 2.75) is 19.4 Å². The zero-order valence-electron chi connectivity index (χ0n) is 14.7. The van der Waals surface area contributed by atoms with E-state index in [9.17, 15) is 9.18 Å². The Kier molecular flexibility index (Phi) is 5.17. The number of pyridine rings is 2. The summed E-state index contributed by atoms with van der Waals surface area (Å²) in [5.41, 5.74) is 6.75. The van der Waals surface area contributed by atoms with E-state index in [0.29, 0.717) is 17.6 Å². The van der Waals surface area contributed by atoms with Crippen LogP contribution in [0.15, 0.2) is 24.5 Å². The largest absolute Gasteiger partial charge is 0.490 e. The van der Waals surface area contributed by atoms with Crippen molar-refractivity contribution in [2.24, 2.45) is 0 Å². The standard InChI is InChI=1S/C18H17FN6O2/c1-10(5-3-6-11-9-22-15(20)14(27-2)13(11)19)23-18(26)17-24-12-7-4-8-21-16(12)25-17/h4,7-10H,5H2,1-2H3,(H2,20,22)(H,23,26)(H,21,24,25)/t10-/m0/s1. The molecular weight excluding hydrogens is 351 g/mol. The third kappa shape index (κ3) is 3.95. The summed E-state index contributed by atoms with van der Waals surface area (Å²) < 4.78 is 19.0. The number of methoxy groups -OCH3 is 1. The highest BCUT2D eigenvalue weighted by atomic mass is 19.1. The second kappa shape index (κ2) is 7.70. The van der Waals surface area contributed by atoms with E-state index >= 15 is 0 Å². The first-order valence-electron chi connectivity index (χ1n) is 8.08. The molecule has 8 nitrogen and oxygen atoms in total. The molecule has 0 aliphatic heterocycles. The predicted octanol–water partition coefficient (Wildman–Crippen LogP) is 1.64. The van der Waals surface area contributed by atoms with Crippen LogP contribution in [0.5, 0.6) is 5.75 Å². The Morgan fingerprint density at radius 1 is 1.48 bits per heavy atom. The van der Waals surface area contributed by atoms with Crippen LogP contribution in [0.2, 0.25) is 0 Å². The number of amides is 1. The molecule has 0 saturated heterocycles. The number of imidazole rings is 1. The zero-order valence-corrected chi connectivity index (χ0v) is 14.7. The second-order valence-corrected chi connectivity index (χ2v) is 5.74. The maximum absolute atomic E-state index is 14.2. The lowest BCUT2D eigenvalue weighted by Gasteiger charge is -2.09. The molecule has 1 atom stereocenters. The Balaban J connectivity index is 1.64. The van der Waals surface area contributed by atoms with Gasteiger partial charge in [0.25, 0.3) is 5.91 Å². The second-order valence-electron chi connectivity index (χ2n) is 5.74. The number of hydrogen-bond acceptors (Lipinski definition) is 6. The van der Waals surface area contributed by atoms with Gasteiger partial charge in [-0.2, -0.15) is 0 Å². The molecule has 3 aromatic rings. The quantitative estimate of drug-likeness (QED) is 0.603. The van der Waals surface area contributed by atoms with Gasteiger partial charge in [0.15, 0.2) is 28.9 Å². The van der Waals surface area contributed by atoms with Gasteiger partial charge in [0.1, 0.15) is 0 Å². The lowest BCUT2D eigenvalue weighted by Crippen LogP contribution is -2.32. The molecule has 0 aliphatic carbocycles. The highest BCUT2D eigenvalue weighted by molar-refractivity contribution is 5.93. The number of nitrogens with one attached hydrogen (secondary N) is 2. The monoisotopic (exact) mass is 368 g/mol. The molecule has 0 unspecified atom stereocenters. The van der Waals surface area contributed by atoms with Crippen LogP contribution >= 0.6 is 0 Å².